The summed E-state index contributed by atoms with van der Waals surface area (Å²) in [6.45, 7) is 9.42. The van der Waals surface area contributed by atoms with Crippen molar-refractivity contribution in [2.75, 3.05) is 24.6 Å². The molecular formula is C16H36BO2P. The average molecular weight is 302 g/mol. The van der Waals surface area contributed by atoms with Gasteiger partial charge in [0.25, 0.3) is 0 Å². The molecule has 0 rings (SSSR count). The molecule has 0 radical (unpaired) electrons. The van der Waals surface area contributed by atoms with Crippen LogP contribution in [0.4, 0.5) is 0 Å². The Morgan fingerprint density at radius 3 is 1.05 bits per heavy atom. The minimum absolute atomic E-state index is 0.500. The first-order valence-electron chi connectivity index (χ1n) is 8.56. The zero-order valence-corrected chi connectivity index (χ0v) is 15.2. The Morgan fingerprint density at radius 1 is 0.700 bits per heavy atom. The average Bonchev–Trinajstić information content (AvgIpc) is 2.46. The molecule has 0 saturated carbocycles. The van der Waals surface area contributed by atoms with Crippen LogP contribution in [0.5, 0.6) is 0 Å². The van der Waals surface area contributed by atoms with Gasteiger partial charge in [0.15, 0.2) is 0 Å². The Kier molecular flexibility index (Phi) is 19.2. The first-order chi connectivity index (χ1) is 9.66. The van der Waals surface area contributed by atoms with E-state index in [-0.39, 0.29) is 0 Å². The maximum absolute atomic E-state index is 8.25. The first-order valence-corrected chi connectivity index (χ1v) is 11.1. The SMILES string of the molecule is CCCC[P+](CCCC)(CCCC)CCCC.O=B[O-]. The molecule has 0 spiro atoms. The van der Waals surface area contributed by atoms with Crippen LogP contribution in [-0.4, -0.2) is 32.0 Å². The second-order valence-electron chi connectivity index (χ2n) is 5.75. The van der Waals surface area contributed by atoms with Crippen LogP contribution in [-0.2, 0) is 4.70 Å². The molecule has 120 valence electrons. The molecule has 0 fully saturated rings. The zero-order valence-electron chi connectivity index (χ0n) is 14.3. The van der Waals surface area contributed by atoms with E-state index in [4.69, 9.17) is 9.73 Å². The Balaban J connectivity index is 0. The van der Waals surface area contributed by atoms with Gasteiger partial charge in [0.05, 0.1) is 24.6 Å². The second kappa shape index (κ2) is 17.1. The fourth-order valence-corrected chi connectivity index (χ4v) is 7.93. The van der Waals surface area contributed by atoms with E-state index in [1.54, 1.807) is 24.6 Å². The van der Waals surface area contributed by atoms with Crippen molar-refractivity contribution >= 4 is 14.6 Å². The summed E-state index contributed by atoms with van der Waals surface area (Å²) < 4.78 is 8.25. The molecule has 0 aromatic rings. The van der Waals surface area contributed by atoms with Gasteiger partial charge in [0.1, 0.15) is 0 Å². The molecule has 20 heavy (non-hydrogen) atoms. The fourth-order valence-electron chi connectivity index (χ4n) is 2.64. The van der Waals surface area contributed by atoms with Crippen molar-refractivity contribution in [3.05, 3.63) is 0 Å². The summed E-state index contributed by atoms with van der Waals surface area (Å²) in [7, 11) is -1.06. The predicted octanol–water partition coefficient (Wildman–Crippen LogP) is 4.52. The third-order valence-corrected chi connectivity index (χ3v) is 9.00. The van der Waals surface area contributed by atoms with E-state index >= 15 is 0 Å². The Morgan fingerprint density at radius 2 is 0.900 bits per heavy atom. The number of rotatable bonds is 12. The van der Waals surface area contributed by atoms with Crippen molar-refractivity contribution < 1.29 is 9.73 Å². The normalized spacial score (nSPS) is 10.6. The van der Waals surface area contributed by atoms with Crippen LogP contribution in [0.3, 0.4) is 0 Å². The molecule has 0 N–H and O–H groups in total. The van der Waals surface area contributed by atoms with Crippen LogP contribution in [0.2, 0.25) is 0 Å². The second-order valence-corrected chi connectivity index (χ2v) is 10.2. The topological polar surface area (TPSA) is 40.1 Å². The Bertz CT molecular complexity index is 163. The molecule has 0 heterocycles. The van der Waals surface area contributed by atoms with Gasteiger partial charge in [-0.1, -0.05) is 53.4 Å². The van der Waals surface area contributed by atoms with Crippen LogP contribution in [0.1, 0.15) is 79.1 Å². The quantitative estimate of drug-likeness (QED) is 0.393. The van der Waals surface area contributed by atoms with Crippen LogP contribution < -0.4 is 5.02 Å². The van der Waals surface area contributed by atoms with Gasteiger partial charge in [-0.2, -0.15) is 0 Å². The van der Waals surface area contributed by atoms with Gasteiger partial charge in [0.2, 0.25) is 0 Å². The van der Waals surface area contributed by atoms with Gasteiger partial charge < -0.3 is 0 Å². The summed E-state index contributed by atoms with van der Waals surface area (Å²) in [5.74, 6) is 0. The van der Waals surface area contributed by atoms with Gasteiger partial charge in [-0.05, 0) is 25.7 Å². The Labute approximate surface area is 128 Å². The molecular weight excluding hydrogens is 266 g/mol. The monoisotopic (exact) mass is 302 g/mol. The van der Waals surface area contributed by atoms with E-state index in [0.29, 0.717) is 0 Å². The van der Waals surface area contributed by atoms with Crippen LogP contribution in [0.15, 0.2) is 0 Å². The number of unbranched alkanes of at least 4 members (excludes halogenated alkanes) is 4. The molecule has 0 aliphatic carbocycles. The summed E-state index contributed by atoms with van der Waals surface area (Å²) in [5, 5.41) is 8.25. The summed E-state index contributed by atoms with van der Waals surface area (Å²) in [5.41, 5.74) is 0. The molecule has 0 saturated heterocycles. The molecule has 0 aliphatic rings. The fraction of sp³-hybridized carbons (Fsp3) is 1.00. The van der Waals surface area contributed by atoms with Crippen LogP contribution >= 0.6 is 7.26 Å². The van der Waals surface area contributed by atoms with Gasteiger partial charge >= 0.3 is 17.1 Å². The van der Waals surface area contributed by atoms with E-state index in [1.807, 2.05) is 0 Å². The van der Waals surface area contributed by atoms with Crippen molar-refractivity contribution in [1.82, 2.24) is 0 Å². The molecule has 0 unspecified atom stereocenters. The molecule has 0 atom stereocenters. The van der Waals surface area contributed by atoms with E-state index < -0.39 is 14.6 Å². The number of hydrogen-bond donors (Lipinski definition) is 0. The molecule has 0 amide bonds. The van der Waals surface area contributed by atoms with Crippen molar-refractivity contribution in [3.8, 4) is 0 Å². The molecule has 4 heteroatoms. The van der Waals surface area contributed by atoms with E-state index in [2.05, 4.69) is 27.7 Å². The third-order valence-electron chi connectivity index (χ3n) is 3.94. The maximum atomic E-state index is 8.25. The van der Waals surface area contributed by atoms with Crippen molar-refractivity contribution in [2.24, 2.45) is 0 Å². The zero-order chi connectivity index (χ0) is 15.7. The summed E-state index contributed by atoms with van der Waals surface area (Å²) >= 11 is 0. The van der Waals surface area contributed by atoms with Gasteiger partial charge in [-0.25, -0.2) is 0 Å². The summed E-state index contributed by atoms with van der Waals surface area (Å²) in [6, 6.07) is 0. The van der Waals surface area contributed by atoms with E-state index in [9.17, 15) is 0 Å². The minimum atomic E-state index is -0.562. The number of hydrogen-bond acceptors (Lipinski definition) is 2. The van der Waals surface area contributed by atoms with Gasteiger partial charge in [-0.15, -0.1) is 0 Å². The first kappa shape index (κ1) is 22.4. The van der Waals surface area contributed by atoms with Crippen molar-refractivity contribution in [2.45, 2.75) is 79.1 Å². The van der Waals surface area contributed by atoms with E-state index in [0.717, 1.165) is 0 Å². The summed E-state index contributed by atoms with van der Waals surface area (Å²) in [4.78, 5) is 0. The predicted molar refractivity (Wildman–Crippen MR) is 92.5 cm³/mol. The third kappa shape index (κ3) is 13.1. The molecule has 2 nitrogen and oxygen atoms in total. The van der Waals surface area contributed by atoms with Crippen LogP contribution in [0, 0.1) is 0 Å². The van der Waals surface area contributed by atoms with Crippen molar-refractivity contribution in [3.63, 3.8) is 0 Å². The van der Waals surface area contributed by atoms with Gasteiger partial charge in [0, 0.05) is 7.26 Å². The molecule has 0 bridgehead atoms. The van der Waals surface area contributed by atoms with Gasteiger partial charge in [-0.3, -0.25) is 0 Å². The van der Waals surface area contributed by atoms with E-state index in [1.165, 1.54) is 51.4 Å². The molecule has 0 aromatic heterocycles. The molecule has 0 aromatic carbocycles. The standard InChI is InChI=1S/C16H36P.BO2/c1-5-9-13-17(14-10-6-2,15-11-7-3)16-12-8-4;2-1-3/h5-16H2,1-4H3;/q+1;-1. The Hall–Kier alpha value is 0.0949. The summed E-state index contributed by atoms with van der Waals surface area (Å²) in [6.07, 6.45) is 17.9. The molecule has 0 aliphatic heterocycles. The van der Waals surface area contributed by atoms with Crippen molar-refractivity contribution in [1.29, 1.82) is 0 Å². The van der Waals surface area contributed by atoms with Crippen LogP contribution in [0.25, 0.3) is 0 Å².